The Morgan fingerprint density at radius 1 is 1.13 bits per heavy atom. The lowest BCUT2D eigenvalue weighted by atomic mass is 10.0. The highest BCUT2D eigenvalue weighted by Gasteiger charge is 2.33. The molecule has 31 heavy (non-hydrogen) atoms. The number of Topliss-reactive ketones (excluding diaryl/α,β-unsaturated/α-hetero) is 1. The molecule has 1 unspecified atom stereocenters. The molecule has 0 aliphatic carbocycles. The van der Waals surface area contributed by atoms with Crippen molar-refractivity contribution >= 4 is 40.6 Å². The second-order valence-electron chi connectivity index (χ2n) is 8.26. The van der Waals surface area contributed by atoms with E-state index in [0.29, 0.717) is 41.8 Å². The van der Waals surface area contributed by atoms with Crippen LogP contribution in [0.2, 0.25) is 10.0 Å². The van der Waals surface area contributed by atoms with Crippen molar-refractivity contribution < 1.29 is 9.59 Å². The van der Waals surface area contributed by atoms with E-state index in [2.05, 4.69) is 21.1 Å². The molecule has 0 radical (unpaired) electrons. The molecule has 0 aromatic heterocycles. The third-order valence-electron chi connectivity index (χ3n) is 5.11. The van der Waals surface area contributed by atoms with E-state index in [-0.39, 0.29) is 17.6 Å². The number of likely N-dealkylation sites (tertiary alicyclic amines) is 1. The Morgan fingerprint density at radius 3 is 2.55 bits per heavy atom. The lowest BCUT2D eigenvalue weighted by Crippen LogP contribution is -2.52. The molecule has 0 spiro atoms. The predicted octanol–water partition coefficient (Wildman–Crippen LogP) is 3.89. The maximum atomic E-state index is 13.0. The van der Waals surface area contributed by atoms with Crippen molar-refractivity contribution in [1.29, 1.82) is 0 Å². The first-order chi connectivity index (χ1) is 14.8. The van der Waals surface area contributed by atoms with Gasteiger partial charge in [-0.1, -0.05) is 67.4 Å². The number of hydrogen-bond acceptors (Lipinski definition) is 5. The van der Waals surface area contributed by atoms with Crippen LogP contribution in [-0.4, -0.2) is 41.8 Å². The fraction of sp³-hybridized carbons (Fsp3) is 0.391. The lowest BCUT2D eigenvalue weighted by molar-refractivity contribution is -0.127. The first-order valence-electron chi connectivity index (χ1n) is 10.4. The van der Waals surface area contributed by atoms with Crippen molar-refractivity contribution in [1.82, 2.24) is 15.6 Å². The molecule has 1 aliphatic rings. The van der Waals surface area contributed by atoms with Gasteiger partial charge in [0.05, 0.1) is 22.3 Å². The van der Waals surface area contributed by atoms with Crippen LogP contribution in [0.5, 0.6) is 0 Å². The fourth-order valence-corrected chi connectivity index (χ4v) is 3.86. The molecule has 1 saturated heterocycles. The third-order valence-corrected chi connectivity index (χ3v) is 5.85. The highest BCUT2D eigenvalue weighted by Crippen LogP contribution is 2.24. The zero-order valence-electron chi connectivity index (χ0n) is 17.7. The summed E-state index contributed by atoms with van der Waals surface area (Å²) in [6.45, 7) is 5.62. The molecule has 2 atom stereocenters. The van der Waals surface area contributed by atoms with Crippen molar-refractivity contribution in [2.45, 2.75) is 38.9 Å². The van der Waals surface area contributed by atoms with E-state index in [1.165, 1.54) is 0 Å². The second kappa shape index (κ2) is 11.0. The second-order valence-corrected chi connectivity index (χ2v) is 9.08. The van der Waals surface area contributed by atoms with Gasteiger partial charge >= 0.3 is 0 Å². The average Bonchev–Trinajstić information content (AvgIpc) is 3.06. The van der Waals surface area contributed by atoms with Crippen LogP contribution in [0.4, 0.5) is 5.69 Å². The van der Waals surface area contributed by atoms with Gasteiger partial charge in [0.15, 0.2) is 5.78 Å². The predicted molar refractivity (Wildman–Crippen MR) is 125 cm³/mol. The Hall–Kier alpha value is -2.12. The van der Waals surface area contributed by atoms with Gasteiger partial charge in [0.2, 0.25) is 5.91 Å². The first-order valence-corrected chi connectivity index (χ1v) is 11.1. The van der Waals surface area contributed by atoms with E-state index < -0.39 is 12.1 Å². The smallest absolute Gasteiger partial charge is 0.239 e. The van der Waals surface area contributed by atoms with Gasteiger partial charge in [-0.2, -0.15) is 0 Å². The number of amides is 1. The minimum absolute atomic E-state index is 0.0324. The van der Waals surface area contributed by atoms with Gasteiger partial charge in [-0.3, -0.25) is 14.5 Å². The van der Waals surface area contributed by atoms with E-state index in [1.54, 1.807) is 18.2 Å². The third kappa shape index (κ3) is 6.94. The van der Waals surface area contributed by atoms with Crippen molar-refractivity contribution in [2.24, 2.45) is 5.92 Å². The van der Waals surface area contributed by atoms with Crippen molar-refractivity contribution in [2.75, 3.05) is 18.5 Å². The number of ketones is 1. The standard InChI is InChI=1S/C23H28Cl2N4O2/c1-15(2)10-20(28-27-17-8-9-18(24)19(25)11-17)23(31)26-21-13-29(14-22(21)30)12-16-6-4-3-5-7-16/h3-9,11,15,20-21,27-28H,10,12-14H2,1-2H3,(H,26,31)/t20-,21?/m0/s1. The molecule has 6 nitrogen and oxygen atoms in total. The Bertz CT molecular complexity index is 908. The number of rotatable bonds is 9. The lowest BCUT2D eigenvalue weighted by Gasteiger charge is -2.23. The van der Waals surface area contributed by atoms with E-state index in [0.717, 1.165) is 5.56 Å². The summed E-state index contributed by atoms with van der Waals surface area (Å²) < 4.78 is 0. The molecular weight excluding hydrogens is 435 g/mol. The van der Waals surface area contributed by atoms with Crippen LogP contribution in [-0.2, 0) is 16.1 Å². The van der Waals surface area contributed by atoms with Crippen LogP contribution in [0.15, 0.2) is 48.5 Å². The molecule has 1 heterocycles. The summed E-state index contributed by atoms with van der Waals surface area (Å²) in [5.41, 5.74) is 7.93. The molecule has 8 heteroatoms. The molecule has 0 saturated carbocycles. The quantitative estimate of drug-likeness (QED) is 0.492. The number of nitrogens with zero attached hydrogens (tertiary/aromatic N) is 1. The summed E-state index contributed by atoms with van der Waals surface area (Å²) in [5.74, 6) is 0.110. The van der Waals surface area contributed by atoms with Gasteiger partial charge in [0.25, 0.3) is 0 Å². The zero-order chi connectivity index (χ0) is 22.4. The van der Waals surface area contributed by atoms with Gasteiger partial charge in [0, 0.05) is 13.1 Å². The van der Waals surface area contributed by atoms with Gasteiger partial charge in [-0.05, 0) is 36.1 Å². The first kappa shape index (κ1) is 23.5. The molecule has 3 rings (SSSR count). The van der Waals surface area contributed by atoms with Crippen LogP contribution in [0.25, 0.3) is 0 Å². The molecule has 2 aromatic carbocycles. The molecule has 1 amide bonds. The number of anilines is 1. The molecule has 2 aromatic rings. The maximum Gasteiger partial charge on any atom is 0.239 e. The summed E-state index contributed by atoms with van der Waals surface area (Å²) in [4.78, 5) is 27.5. The minimum atomic E-state index is -0.509. The number of benzene rings is 2. The minimum Gasteiger partial charge on any atom is -0.344 e. The molecule has 1 fully saturated rings. The summed E-state index contributed by atoms with van der Waals surface area (Å²) in [6.07, 6.45) is 0.606. The summed E-state index contributed by atoms with van der Waals surface area (Å²) in [7, 11) is 0. The van der Waals surface area contributed by atoms with Crippen LogP contribution in [0.1, 0.15) is 25.8 Å². The molecule has 0 bridgehead atoms. The molecule has 166 valence electrons. The summed E-state index contributed by atoms with van der Waals surface area (Å²) in [6, 6.07) is 14.1. The SMILES string of the molecule is CC(C)C[C@H](NNc1ccc(Cl)c(Cl)c1)C(=O)NC1CN(Cc2ccccc2)CC1=O. The monoisotopic (exact) mass is 462 g/mol. The Morgan fingerprint density at radius 2 is 1.87 bits per heavy atom. The Kier molecular flexibility index (Phi) is 8.32. The highest BCUT2D eigenvalue weighted by atomic mass is 35.5. The van der Waals surface area contributed by atoms with E-state index in [9.17, 15) is 9.59 Å². The topological polar surface area (TPSA) is 73.5 Å². The molecule has 1 aliphatic heterocycles. The average molecular weight is 463 g/mol. The summed E-state index contributed by atoms with van der Waals surface area (Å²) in [5, 5.41) is 3.81. The Labute approximate surface area is 193 Å². The van der Waals surface area contributed by atoms with Crippen molar-refractivity contribution in [3.63, 3.8) is 0 Å². The summed E-state index contributed by atoms with van der Waals surface area (Å²) >= 11 is 12.0. The van der Waals surface area contributed by atoms with Crippen LogP contribution >= 0.6 is 23.2 Å². The van der Waals surface area contributed by atoms with Gasteiger partial charge in [0.1, 0.15) is 12.1 Å². The normalized spacial score (nSPS) is 17.7. The fourth-order valence-electron chi connectivity index (χ4n) is 3.56. The van der Waals surface area contributed by atoms with Gasteiger partial charge in [-0.15, -0.1) is 0 Å². The number of carbonyl (C=O) groups excluding carboxylic acids is 2. The number of carbonyl (C=O) groups is 2. The number of nitrogens with one attached hydrogen (secondary N) is 3. The van der Waals surface area contributed by atoms with Crippen LogP contribution in [0.3, 0.4) is 0 Å². The molecular formula is C23H28Cl2N4O2. The maximum absolute atomic E-state index is 13.0. The number of hydrazine groups is 1. The molecule has 3 N–H and O–H groups in total. The van der Waals surface area contributed by atoms with E-state index in [1.807, 2.05) is 44.2 Å². The number of halogens is 2. The van der Waals surface area contributed by atoms with Crippen LogP contribution < -0.4 is 16.2 Å². The van der Waals surface area contributed by atoms with Crippen molar-refractivity contribution in [3.8, 4) is 0 Å². The van der Waals surface area contributed by atoms with Gasteiger partial charge in [-0.25, -0.2) is 5.43 Å². The largest absolute Gasteiger partial charge is 0.344 e. The van der Waals surface area contributed by atoms with E-state index >= 15 is 0 Å². The Balaban J connectivity index is 1.57. The van der Waals surface area contributed by atoms with E-state index in [4.69, 9.17) is 23.2 Å². The van der Waals surface area contributed by atoms with Gasteiger partial charge < -0.3 is 10.7 Å². The zero-order valence-corrected chi connectivity index (χ0v) is 19.2. The number of hydrogen-bond donors (Lipinski definition) is 3. The van der Waals surface area contributed by atoms with Crippen LogP contribution in [0, 0.1) is 5.92 Å². The highest BCUT2D eigenvalue weighted by molar-refractivity contribution is 6.42. The van der Waals surface area contributed by atoms with Crippen molar-refractivity contribution in [3.05, 3.63) is 64.1 Å².